The Balaban J connectivity index is 1.90. The number of hydrogen-bond acceptors (Lipinski definition) is 3. The molecule has 1 aliphatic rings. The van der Waals surface area contributed by atoms with E-state index in [9.17, 15) is 4.79 Å². The molecule has 1 aromatic heterocycles. The molecule has 122 valence electrons. The first-order valence-electron chi connectivity index (χ1n) is 7.85. The zero-order valence-electron chi connectivity index (χ0n) is 13.4. The molecule has 2 aromatic rings. The number of benzene rings is 1. The van der Waals surface area contributed by atoms with Gasteiger partial charge in [-0.2, -0.15) is 5.10 Å². The summed E-state index contributed by atoms with van der Waals surface area (Å²) in [4.78, 5) is 14.8. The Morgan fingerprint density at radius 1 is 1.39 bits per heavy atom. The number of halogens is 1. The topological polar surface area (TPSA) is 64.2 Å². The molecule has 6 heteroatoms. The van der Waals surface area contributed by atoms with Crippen molar-refractivity contribution >= 4 is 17.5 Å². The van der Waals surface area contributed by atoms with Crippen molar-refractivity contribution in [1.29, 1.82) is 0 Å². The van der Waals surface area contributed by atoms with Gasteiger partial charge in [-0.15, -0.1) is 0 Å². The highest BCUT2D eigenvalue weighted by Crippen LogP contribution is 2.24. The summed E-state index contributed by atoms with van der Waals surface area (Å²) in [5, 5.41) is 4.97. The third kappa shape index (κ3) is 2.99. The van der Waals surface area contributed by atoms with Gasteiger partial charge in [-0.05, 0) is 38.8 Å². The molecule has 0 aliphatic carbocycles. The van der Waals surface area contributed by atoms with Gasteiger partial charge in [0.15, 0.2) is 0 Å². The van der Waals surface area contributed by atoms with Crippen LogP contribution in [0.3, 0.4) is 0 Å². The van der Waals surface area contributed by atoms with Crippen molar-refractivity contribution in [2.24, 2.45) is 5.73 Å². The fourth-order valence-corrected chi connectivity index (χ4v) is 3.37. The number of likely N-dealkylation sites (tertiary alicyclic amines) is 1. The molecule has 0 unspecified atom stereocenters. The number of hydrogen-bond donors (Lipinski definition) is 1. The second kappa shape index (κ2) is 6.34. The second-order valence-electron chi connectivity index (χ2n) is 6.14. The van der Waals surface area contributed by atoms with Gasteiger partial charge in [0.1, 0.15) is 0 Å². The van der Waals surface area contributed by atoms with Crippen molar-refractivity contribution in [3.05, 3.63) is 46.7 Å². The van der Waals surface area contributed by atoms with Crippen LogP contribution >= 0.6 is 11.6 Å². The van der Waals surface area contributed by atoms with Gasteiger partial charge in [0.25, 0.3) is 5.91 Å². The van der Waals surface area contributed by atoms with Gasteiger partial charge in [-0.3, -0.25) is 4.79 Å². The quantitative estimate of drug-likeness (QED) is 0.919. The molecule has 0 bridgehead atoms. The van der Waals surface area contributed by atoms with Crippen molar-refractivity contribution in [2.75, 3.05) is 6.54 Å². The second-order valence-corrected chi connectivity index (χ2v) is 6.55. The summed E-state index contributed by atoms with van der Waals surface area (Å²) in [6.07, 6.45) is 3.31. The molecule has 1 aromatic carbocycles. The monoisotopic (exact) mass is 332 g/mol. The summed E-state index contributed by atoms with van der Waals surface area (Å²) in [6.45, 7) is 4.63. The smallest absolute Gasteiger partial charge is 0.257 e. The van der Waals surface area contributed by atoms with Crippen molar-refractivity contribution in [3.8, 4) is 5.69 Å². The molecule has 5 nitrogen and oxygen atoms in total. The number of carbonyl (C=O) groups excluding carboxylic acids is 1. The van der Waals surface area contributed by atoms with Crippen molar-refractivity contribution in [2.45, 2.75) is 38.8 Å². The summed E-state index contributed by atoms with van der Waals surface area (Å²) >= 11 is 6.24. The maximum absolute atomic E-state index is 12.9. The summed E-state index contributed by atoms with van der Waals surface area (Å²) in [6, 6.07) is 7.80. The molecule has 23 heavy (non-hydrogen) atoms. The summed E-state index contributed by atoms with van der Waals surface area (Å²) in [5.41, 5.74) is 8.18. The first-order valence-corrected chi connectivity index (χ1v) is 8.23. The summed E-state index contributed by atoms with van der Waals surface area (Å²) < 4.78 is 1.72. The zero-order chi connectivity index (χ0) is 16.6. The molecule has 1 saturated heterocycles. The van der Waals surface area contributed by atoms with Crippen molar-refractivity contribution in [3.63, 3.8) is 0 Å². The predicted octanol–water partition coefficient (Wildman–Crippen LogP) is 2.79. The molecule has 0 radical (unpaired) electrons. The molecule has 2 atom stereocenters. The van der Waals surface area contributed by atoms with Crippen LogP contribution in [0.5, 0.6) is 0 Å². The average molecular weight is 333 g/mol. The van der Waals surface area contributed by atoms with E-state index in [0.717, 1.165) is 24.2 Å². The Kier molecular flexibility index (Phi) is 4.41. The van der Waals surface area contributed by atoms with Crippen LogP contribution in [-0.2, 0) is 0 Å². The van der Waals surface area contributed by atoms with Gasteiger partial charge in [-0.1, -0.05) is 23.7 Å². The molecule has 0 saturated carbocycles. The highest BCUT2D eigenvalue weighted by atomic mass is 35.5. The van der Waals surface area contributed by atoms with Crippen LogP contribution in [-0.4, -0.2) is 39.2 Å². The van der Waals surface area contributed by atoms with Gasteiger partial charge in [0.05, 0.1) is 28.2 Å². The number of nitrogens with two attached hydrogens (primary N) is 1. The van der Waals surface area contributed by atoms with Gasteiger partial charge in [-0.25, -0.2) is 4.68 Å². The normalized spacial score (nSPS) is 21.5. The number of nitrogens with zero attached hydrogens (tertiary/aromatic N) is 3. The number of piperidine rings is 1. The highest BCUT2D eigenvalue weighted by Gasteiger charge is 2.29. The van der Waals surface area contributed by atoms with Crippen LogP contribution in [0.15, 0.2) is 30.5 Å². The number of amides is 1. The van der Waals surface area contributed by atoms with E-state index in [-0.39, 0.29) is 18.0 Å². The number of aromatic nitrogens is 2. The Bertz CT molecular complexity index is 727. The minimum absolute atomic E-state index is 0.0141. The summed E-state index contributed by atoms with van der Waals surface area (Å²) in [7, 11) is 0. The van der Waals surface area contributed by atoms with Gasteiger partial charge < -0.3 is 10.6 Å². The highest BCUT2D eigenvalue weighted by molar-refractivity contribution is 6.32. The van der Waals surface area contributed by atoms with E-state index < -0.39 is 0 Å². The van der Waals surface area contributed by atoms with E-state index in [1.54, 1.807) is 10.9 Å². The molecular formula is C17H21ClN4O. The van der Waals surface area contributed by atoms with Gasteiger partial charge in [0.2, 0.25) is 0 Å². The number of para-hydroxylation sites is 1. The molecule has 1 fully saturated rings. The minimum Gasteiger partial charge on any atom is -0.336 e. The van der Waals surface area contributed by atoms with E-state index in [2.05, 4.69) is 5.10 Å². The Labute approximate surface area is 141 Å². The maximum atomic E-state index is 12.9. The maximum Gasteiger partial charge on any atom is 0.257 e. The summed E-state index contributed by atoms with van der Waals surface area (Å²) in [5.74, 6) is 0.0141. The van der Waals surface area contributed by atoms with E-state index in [1.807, 2.05) is 43.0 Å². The minimum atomic E-state index is 0.0141. The lowest BCUT2D eigenvalue weighted by Crippen LogP contribution is -2.48. The van der Waals surface area contributed by atoms with Crippen LogP contribution in [0.1, 0.15) is 35.8 Å². The van der Waals surface area contributed by atoms with Crippen LogP contribution < -0.4 is 5.73 Å². The van der Waals surface area contributed by atoms with Crippen LogP contribution in [0.4, 0.5) is 0 Å². The lowest BCUT2D eigenvalue weighted by atomic mass is 9.98. The SMILES string of the molecule is Cc1c(C(=O)N2CC[C@@H](N)C[C@H]2C)cnn1-c1ccccc1Cl. The van der Waals surface area contributed by atoms with Crippen LogP contribution in [0.2, 0.25) is 5.02 Å². The Morgan fingerprint density at radius 2 is 2.13 bits per heavy atom. The molecule has 3 rings (SSSR count). The number of carbonyl (C=O) groups is 1. The average Bonchev–Trinajstić information content (AvgIpc) is 2.89. The Morgan fingerprint density at radius 3 is 2.83 bits per heavy atom. The first-order chi connectivity index (χ1) is 11.0. The molecule has 2 heterocycles. The molecule has 1 aliphatic heterocycles. The first kappa shape index (κ1) is 16.0. The Hall–Kier alpha value is -1.85. The van der Waals surface area contributed by atoms with E-state index in [4.69, 9.17) is 17.3 Å². The lowest BCUT2D eigenvalue weighted by Gasteiger charge is -2.36. The molecule has 2 N–H and O–H groups in total. The van der Waals surface area contributed by atoms with Crippen LogP contribution in [0.25, 0.3) is 5.69 Å². The largest absolute Gasteiger partial charge is 0.336 e. The van der Waals surface area contributed by atoms with E-state index >= 15 is 0 Å². The fraction of sp³-hybridized carbons (Fsp3) is 0.412. The molecule has 1 amide bonds. The predicted molar refractivity (Wildman–Crippen MR) is 91.0 cm³/mol. The fourth-order valence-electron chi connectivity index (χ4n) is 3.15. The van der Waals surface area contributed by atoms with E-state index in [0.29, 0.717) is 17.1 Å². The van der Waals surface area contributed by atoms with Crippen molar-refractivity contribution < 1.29 is 4.79 Å². The third-order valence-electron chi connectivity index (χ3n) is 4.50. The molecule has 0 spiro atoms. The van der Waals surface area contributed by atoms with Crippen LogP contribution in [0, 0.1) is 6.92 Å². The van der Waals surface area contributed by atoms with Gasteiger partial charge in [0, 0.05) is 18.6 Å². The van der Waals surface area contributed by atoms with E-state index in [1.165, 1.54) is 0 Å². The standard InChI is InChI=1S/C17H21ClN4O/c1-11-9-13(19)7-8-21(11)17(23)14-10-20-22(12(14)2)16-6-4-3-5-15(16)18/h3-6,10-11,13H,7-9,19H2,1-2H3/t11-,13-/m1/s1. The lowest BCUT2D eigenvalue weighted by molar-refractivity contribution is 0.0618. The number of rotatable bonds is 2. The third-order valence-corrected chi connectivity index (χ3v) is 4.82. The zero-order valence-corrected chi connectivity index (χ0v) is 14.1. The van der Waals surface area contributed by atoms with Gasteiger partial charge >= 0.3 is 0 Å². The molecular weight excluding hydrogens is 312 g/mol. The van der Waals surface area contributed by atoms with Crippen molar-refractivity contribution in [1.82, 2.24) is 14.7 Å².